The van der Waals surface area contributed by atoms with Crippen molar-refractivity contribution < 1.29 is 0 Å². The van der Waals surface area contributed by atoms with E-state index >= 15 is 0 Å². The van der Waals surface area contributed by atoms with Crippen LogP contribution in [-0.2, 0) is 0 Å². The predicted molar refractivity (Wildman–Crippen MR) is 65.8 cm³/mol. The molecule has 2 N–H and O–H groups in total. The van der Waals surface area contributed by atoms with Gasteiger partial charge in [0.2, 0.25) is 0 Å². The summed E-state index contributed by atoms with van der Waals surface area (Å²) in [6, 6.07) is 8.19. The number of halogens is 1. The zero-order valence-electron chi connectivity index (χ0n) is 8.89. The molecule has 3 heteroatoms. The molecule has 0 aliphatic heterocycles. The first-order valence-electron chi connectivity index (χ1n) is 4.72. The van der Waals surface area contributed by atoms with Crippen molar-refractivity contribution in [2.45, 2.75) is 19.4 Å². The molecule has 0 unspecified atom stereocenters. The van der Waals surface area contributed by atoms with Crippen LogP contribution in [0.15, 0.2) is 28.7 Å². The number of likely N-dealkylation sites (N-methyl/N-ethyl adjacent to an activating group) is 1. The van der Waals surface area contributed by atoms with Crippen molar-refractivity contribution in [1.29, 1.82) is 0 Å². The monoisotopic (exact) mass is 256 g/mol. The summed E-state index contributed by atoms with van der Waals surface area (Å²) in [6.07, 6.45) is 0. The SMILES string of the molecule is CNC(C)(C)CNc1cccc(Br)c1. The van der Waals surface area contributed by atoms with Gasteiger partial charge < -0.3 is 10.6 Å². The van der Waals surface area contributed by atoms with Crippen molar-refractivity contribution in [3.63, 3.8) is 0 Å². The van der Waals surface area contributed by atoms with E-state index in [-0.39, 0.29) is 5.54 Å². The molecular weight excluding hydrogens is 240 g/mol. The number of benzene rings is 1. The van der Waals surface area contributed by atoms with Crippen LogP contribution in [0, 0.1) is 0 Å². The Balaban J connectivity index is 2.54. The molecule has 0 heterocycles. The molecule has 0 aromatic heterocycles. The third-order valence-corrected chi connectivity index (χ3v) is 2.73. The van der Waals surface area contributed by atoms with Crippen LogP contribution in [0.5, 0.6) is 0 Å². The summed E-state index contributed by atoms with van der Waals surface area (Å²) in [5.41, 5.74) is 1.25. The molecule has 1 aromatic rings. The second-order valence-corrected chi connectivity index (χ2v) is 4.91. The third-order valence-electron chi connectivity index (χ3n) is 2.24. The Hall–Kier alpha value is -0.540. The fraction of sp³-hybridized carbons (Fsp3) is 0.455. The quantitative estimate of drug-likeness (QED) is 0.866. The van der Waals surface area contributed by atoms with E-state index in [1.165, 1.54) is 0 Å². The molecule has 0 saturated carbocycles. The van der Waals surface area contributed by atoms with Crippen LogP contribution in [0.4, 0.5) is 5.69 Å². The molecule has 0 bridgehead atoms. The molecule has 14 heavy (non-hydrogen) atoms. The van der Waals surface area contributed by atoms with Crippen LogP contribution in [0.3, 0.4) is 0 Å². The van der Waals surface area contributed by atoms with Crippen LogP contribution in [0.25, 0.3) is 0 Å². The Bertz CT molecular complexity index is 297. The number of hydrogen-bond donors (Lipinski definition) is 2. The van der Waals surface area contributed by atoms with Gasteiger partial charge in [-0.1, -0.05) is 22.0 Å². The largest absolute Gasteiger partial charge is 0.383 e. The van der Waals surface area contributed by atoms with Gasteiger partial charge in [0.25, 0.3) is 0 Å². The molecule has 0 atom stereocenters. The zero-order chi connectivity index (χ0) is 10.6. The highest BCUT2D eigenvalue weighted by Crippen LogP contribution is 2.16. The van der Waals surface area contributed by atoms with Gasteiger partial charge in [0.1, 0.15) is 0 Å². The lowest BCUT2D eigenvalue weighted by molar-refractivity contribution is 0.448. The highest BCUT2D eigenvalue weighted by molar-refractivity contribution is 9.10. The molecule has 1 rings (SSSR count). The molecular formula is C11H17BrN2. The van der Waals surface area contributed by atoms with Crippen LogP contribution in [0.1, 0.15) is 13.8 Å². The normalized spacial score (nSPS) is 11.4. The summed E-state index contributed by atoms with van der Waals surface area (Å²) in [5.74, 6) is 0. The summed E-state index contributed by atoms with van der Waals surface area (Å²) < 4.78 is 1.10. The Morgan fingerprint density at radius 3 is 2.64 bits per heavy atom. The third kappa shape index (κ3) is 3.68. The lowest BCUT2D eigenvalue weighted by atomic mass is 10.1. The van der Waals surface area contributed by atoms with Crippen molar-refractivity contribution >= 4 is 21.6 Å². The second kappa shape index (κ2) is 4.80. The van der Waals surface area contributed by atoms with E-state index in [2.05, 4.69) is 52.5 Å². The van der Waals surface area contributed by atoms with Gasteiger partial charge in [0, 0.05) is 22.2 Å². The van der Waals surface area contributed by atoms with Gasteiger partial charge >= 0.3 is 0 Å². The Morgan fingerprint density at radius 1 is 1.36 bits per heavy atom. The fourth-order valence-electron chi connectivity index (χ4n) is 1.01. The minimum absolute atomic E-state index is 0.113. The molecule has 1 aromatic carbocycles. The van der Waals surface area contributed by atoms with Gasteiger partial charge in [-0.05, 0) is 39.1 Å². The fourth-order valence-corrected chi connectivity index (χ4v) is 1.41. The highest BCUT2D eigenvalue weighted by atomic mass is 79.9. The van der Waals surface area contributed by atoms with Crippen molar-refractivity contribution in [2.24, 2.45) is 0 Å². The smallest absolute Gasteiger partial charge is 0.0352 e. The van der Waals surface area contributed by atoms with Gasteiger partial charge in [-0.25, -0.2) is 0 Å². The van der Waals surface area contributed by atoms with E-state index in [4.69, 9.17) is 0 Å². The van der Waals surface area contributed by atoms with Crippen molar-refractivity contribution in [1.82, 2.24) is 5.32 Å². The highest BCUT2D eigenvalue weighted by Gasteiger charge is 2.13. The van der Waals surface area contributed by atoms with Gasteiger partial charge in [0.05, 0.1) is 0 Å². The molecule has 0 fully saturated rings. The lowest BCUT2D eigenvalue weighted by Gasteiger charge is -2.24. The molecule has 78 valence electrons. The predicted octanol–water partition coefficient (Wildman–Crippen LogP) is 2.86. The maximum Gasteiger partial charge on any atom is 0.0352 e. The van der Waals surface area contributed by atoms with Gasteiger partial charge in [-0.15, -0.1) is 0 Å². The Kier molecular flexibility index (Phi) is 3.96. The zero-order valence-corrected chi connectivity index (χ0v) is 10.5. The first-order valence-corrected chi connectivity index (χ1v) is 5.51. The van der Waals surface area contributed by atoms with E-state index in [0.29, 0.717) is 0 Å². The molecule has 0 spiro atoms. The molecule has 2 nitrogen and oxygen atoms in total. The average Bonchev–Trinajstić information content (AvgIpc) is 2.15. The van der Waals surface area contributed by atoms with E-state index in [1.807, 2.05) is 19.2 Å². The van der Waals surface area contributed by atoms with Gasteiger partial charge in [0.15, 0.2) is 0 Å². The van der Waals surface area contributed by atoms with E-state index in [1.54, 1.807) is 0 Å². The Labute approximate surface area is 94.2 Å². The maximum absolute atomic E-state index is 3.44. The number of anilines is 1. The van der Waals surface area contributed by atoms with Gasteiger partial charge in [-0.3, -0.25) is 0 Å². The molecule has 0 saturated heterocycles. The van der Waals surface area contributed by atoms with Gasteiger partial charge in [-0.2, -0.15) is 0 Å². The van der Waals surface area contributed by atoms with E-state index in [0.717, 1.165) is 16.7 Å². The van der Waals surface area contributed by atoms with Crippen molar-refractivity contribution in [3.8, 4) is 0 Å². The Morgan fingerprint density at radius 2 is 2.07 bits per heavy atom. The van der Waals surface area contributed by atoms with Crippen LogP contribution in [-0.4, -0.2) is 19.1 Å². The second-order valence-electron chi connectivity index (χ2n) is 4.00. The van der Waals surface area contributed by atoms with Crippen molar-refractivity contribution in [3.05, 3.63) is 28.7 Å². The number of nitrogens with one attached hydrogen (secondary N) is 2. The van der Waals surface area contributed by atoms with Crippen molar-refractivity contribution in [2.75, 3.05) is 18.9 Å². The van der Waals surface area contributed by atoms with Crippen LogP contribution >= 0.6 is 15.9 Å². The molecule has 0 amide bonds. The summed E-state index contributed by atoms with van der Waals surface area (Å²) in [6.45, 7) is 5.23. The maximum atomic E-state index is 3.44. The molecule has 0 aliphatic rings. The van der Waals surface area contributed by atoms with Crippen LogP contribution < -0.4 is 10.6 Å². The lowest BCUT2D eigenvalue weighted by Crippen LogP contribution is -2.42. The molecule has 0 radical (unpaired) electrons. The number of rotatable bonds is 4. The minimum Gasteiger partial charge on any atom is -0.383 e. The van der Waals surface area contributed by atoms with E-state index in [9.17, 15) is 0 Å². The van der Waals surface area contributed by atoms with Crippen LogP contribution in [0.2, 0.25) is 0 Å². The minimum atomic E-state index is 0.113. The summed E-state index contributed by atoms with van der Waals surface area (Å²) >= 11 is 3.44. The number of hydrogen-bond acceptors (Lipinski definition) is 2. The summed E-state index contributed by atoms with van der Waals surface area (Å²) in [7, 11) is 1.97. The standard InChI is InChI=1S/C11H17BrN2/c1-11(2,13-3)8-14-10-6-4-5-9(12)7-10/h4-7,13-14H,8H2,1-3H3. The topological polar surface area (TPSA) is 24.1 Å². The first kappa shape index (κ1) is 11.5. The first-order chi connectivity index (χ1) is 6.53. The molecule has 0 aliphatic carbocycles. The summed E-state index contributed by atoms with van der Waals surface area (Å²) in [5, 5.41) is 6.64. The van der Waals surface area contributed by atoms with E-state index < -0.39 is 0 Å². The summed E-state index contributed by atoms with van der Waals surface area (Å²) in [4.78, 5) is 0. The average molecular weight is 257 g/mol.